The van der Waals surface area contributed by atoms with E-state index in [1.165, 1.54) is 17.1 Å². The third-order valence-corrected chi connectivity index (χ3v) is 5.52. The number of nitrogen functional groups attached to an aromatic ring is 1. The van der Waals surface area contributed by atoms with E-state index in [4.69, 9.17) is 5.73 Å². The van der Waals surface area contributed by atoms with Gasteiger partial charge < -0.3 is 11.1 Å². The Labute approximate surface area is 139 Å². The molecule has 7 heteroatoms. The molecule has 0 fully saturated rings. The lowest BCUT2D eigenvalue weighted by molar-refractivity contribution is 1.15. The third-order valence-electron chi connectivity index (χ3n) is 2.95. The van der Waals surface area contributed by atoms with Crippen LogP contribution in [0.4, 0.5) is 10.8 Å². The van der Waals surface area contributed by atoms with Gasteiger partial charge >= 0.3 is 0 Å². The number of benzene rings is 1. The lowest BCUT2D eigenvalue weighted by atomic mass is 10.2. The smallest absolute Gasteiger partial charge is 0.149 e. The van der Waals surface area contributed by atoms with Crippen molar-refractivity contribution < 1.29 is 0 Å². The Hall–Kier alpha value is -1.44. The standard InChI is InChI=1S/C14H13BrN4S2/c1-8-7-20-14(18-8)11-12(16)19-21-13(11)17-6-9-4-2-3-5-10(9)15/h2-5,7,17H,6H2,1H3,(H2,16,19). The average molecular weight is 381 g/mol. The predicted octanol–water partition coefficient (Wildman–Crippen LogP) is 4.53. The van der Waals surface area contributed by atoms with Gasteiger partial charge in [-0.3, -0.25) is 0 Å². The minimum absolute atomic E-state index is 0.531. The first-order valence-corrected chi connectivity index (χ1v) is 8.74. The highest BCUT2D eigenvalue weighted by molar-refractivity contribution is 9.10. The molecule has 1 aromatic carbocycles. The van der Waals surface area contributed by atoms with E-state index in [-0.39, 0.29) is 0 Å². The topological polar surface area (TPSA) is 63.8 Å². The van der Waals surface area contributed by atoms with E-state index in [9.17, 15) is 0 Å². The van der Waals surface area contributed by atoms with Crippen molar-refractivity contribution in [2.24, 2.45) is 0 Å². The zero-order chi connectivity index (χ0) is 14.8. The van der Waals surface area contributed by atoms with Gasteiger partial charge in [-0.15, -0.1) is 11.3 Å². The number of nitrogens with one attached hydrogen (secondary N) is 1. The number of hydrogen-bond acceptors (Lipinski definition) is 6. The second-order valence-corrected chi connectivity index (χ2v) is 7.00. The molecule has 0 aliphatic heterocycles. The Morgan fingerprint density at radius 3 is 2.86 bits per heavy atom. The Balaban J connectivity index is 1.85. The quantitative estimate of drug-likeness (QED) is 0.697. The van der Waals surface area contributed by atoms with Crippen LogP contribution in [-0.2, 0) is 6.54 Å². The van der Waals surface area contributed by atoms with Crippen LogP contribution in [0.5, 0.6) is 0 Å². The summed E-state index contributed by atoms with van der Waals surface area (Å²) < 4.78 is 5.33. The monoisotopic (exact) mass is 380 g/mol. The summed E-state index contributed by atoms with van der Waals surface area (Å²) in [5.41, 5.74) is 9.09. The van der Waals surface area contributed by atoms with Gasteiger partial charge in [-0.1, -0.05) is 34.1 Å². The van der Waals surface area contributed by atoms with E-state index >= 15 is 0 Å². The molecule has 0 spiro atoms. The Morgan fingerprint density at radius 2 is 2.14 bits per heavy atom. The van der Waals surface area contributed by atoms with Crippen LogP contribution in [0, 0.1) is 6.92 Å². The molecule has 0 saturated heterocycles. The molecule has 4 nitrogen and oxygen atoms in total. The van der Waals surface area contributed by atoms with Crippen molar-refractivity contribution in [3.05, 3.63) is 45.4 Å². The third kappa shape index (κ3) is 3.09. The van der Waals surface area contributed by atoms with Gasteiger partial charge in [-0.25, -0.2) is 4.98 Å². The number of anilines is 2. The van der Waals surface area contributed by atoms with Gasteiger partial charge in [0.15, 0.2) is 0 Å². The van der Waals surface area contributed by atoms with Gasteiger partial charge in [-0.2, -0.15) is 4.37 Å². The number of thiazole rings is 1. The number of aromatic nitrogens is 2. The summed E-state index contributed by atoms with van der Waals surface area (Å²) in [6.07, 6.45) is 0. The number of halogens is 1. The van der Waals surface area contributed by atoms with Gasteiger partial charge in [0.05, 0.1) is 5.56 Å². The molecule has 21 heavy (non-hydrogen) atoms. The van der Waals surface area contributed by atoms with E-state index < -0.39 is 0 Å². The molecule has 0 amide bonds. The lowest BCUT2D eigenvalue weighted by Gasteiger charge is -2.07. The number of hydrogen-bond donors (Lipinski definition) is 2. The fourth-order valence-electron chi connectivity index (χ4n) is 1.92. The summed E-state index contributed by atoms with van der Waals surface area (Å²) in [5, 5.41) is 7.30. The summed E-state index contributed by atoms with van der Waals surface area (Å²) >= 11 is 6.51. The Morgan fingerprint density at radius 1 is 1.33 bits per heavy atom. The first-order chi connectivity index (χ1) is 10.1. The molecule has 3 aromatic rings. The first-order valence-electron chi connectivity index (χ1n) is 6.30. The number of rotatable bonds is 4. The fourth-order valence-corrected chi connectivity index (χ4v) is 3.97. The van der Waals surface area contributed by atoms with Crippen LogP contribution >= 0.6 is 38.8 Å². The maximum atomic E-state index is 6.00. The van der Waals surface area contributed by atoms with E-state index in [0.29, 0.717) is 12.4 Å². The van der Waals surface area contributed by atoms with Crippen molar-refractivity contribution in [2.75, 3.05) is 11.1 Å². The maximum absolute atomic E-state index is 6.00. The maximum Gasteiger partial charge on any atom is 0.149 e. The van der Waals surface area contributed by atoms with Crippen LogP contribution in [0.25, 0.3) is 10.6 Å². The zero-order valence-electron chi connectivity index (χ0n) is 11.3. The summed E-state index contributed by atoms with van der Waals surface area (Å²) in [5.74, 6) is 0.531. The van der Waals surface area contributed by atoms with Crippen LogP contribution in [0.2, 0.25) is 0 Å². The van der Waals surface area contributed by atoms with E-state index in [1.807, 2.05) is 30.5 Å². The summed E-state index contributed by atoms with van der Waals surface area (Å²) in [6, 6.07) is 8.13. The molecule has 0 aliphatic carbocycles. The molecule has 2 aromatic heterocycles. The molecule has 0 radical (unpaired) electrons. The summed E-state index contributed by atoms with van der Waals surface area (Å²) in [6.45, 7) is 2.69. The molecule has 0 saturated carbocycles. The number of nitrogens with zero attached hydrogens (tertiary/aromatic N) is 2. The largest absolute Gasteiger partial charge is 0.382 e. The molecular weight excluding hydrogens is 368 g/mol. The van der Waals surface area contributed by atoms with Gasteiger partial charge in [0.1, 0.15) is 15.8 Å². The van der Waals surface area contributed by atoms with Crippen molar-refractivity contribution in [2.45, 2.75) is 13.5 Å². The molecule has 0 aliphatic rings. The average Bonchev–Trinajstić information content (AvgIpc) is 3.04. The Kier molecular flexibility index (Phi) is 4.23. The van der Waals surface area contributed by atoms with E-state index in [2.05, 4.69) is 36.7 Å². The minimum Gasteiger partial charge on any atom is -0.382 e. The minimum atomic E-state index is 0.531. The predicted molar refractivity (Wildman–Crippen MR) is 93.8 cm³/mol. The molecule has 0 bridgehead atoms. The summed E-state index contributed by atoms with van der Waals surface area (Å²) in [4.78, 5) is 4.50. The highest BCUT2D eigenvalue weighted by Crippen LogP contribution is 2.38. The van der Waals surface area contributed by atoms with Crippen molar-refractivity contribution >= 4 is 49.6 Å². The molecular formula is C14H13BrN4S2. The normalized spacial score (nSPS) is 10.8. The lowest BCUT2D eigenvalue weighted by Crippen LogP contribution is -2.00. The van der Waals surface area contributed by atoms with Crippen molar-refractivity contribution in [1.29, 1.82) is 0 Å². The molecule has 108 valence electrons. The van der Waals surface area contributed by atoms with Crippen molar-refractivity contribution in [3.8, 4) is 10.6 Å². The SMILES string of the molecule is Cc1csc(-c2c(N)nsc2NCc2ccccc2Br)n1. The highest BCUT2D eigenvalue weighted by atomic mass is 79.9. The van der Waals surface area contributed by atoms with Crippen LogP contribution in [-0.4, -0.2) is 9.36 Å². The van der Waals surface area contributed by atoms with Crippen LogP contribution < -0.4 is 11.1 Å². The van der Waals surface area contributed by atoms with Gasteiger partial charge in [0.25, 0.3) is 0 Å². The van der Waals surface area contributed by atoms with Gasteiger partial charge in [-0.05, 0) is 30.1 Å². The van der Waals surface area contributed by atoms with Crippen LogP contribution in [0.3, 0.4) is 0 Å². The molecule has 3 rings (SSSR count). The second-order valence-electron chi connectivity index (χ2n) is 4.51. The Bertz CT molecular complexity index is 766. The van der Waals surface area contributed by atoms with E-state index in [1.54, 1.807) is 11.3 Å². The molecule has 2 heterocycles. The van der Waals surface area contributed by atoms with Crippen molar-refractivity contribution in [1.82, 2.24) is 9.36 Å². The molecule has 3 N–H and O–H groups in total. The number of nitrogens with two attached hydrogens (primary N) is 1. The van der Waals surface area contributed by atoms with Crippen LogP contribution in [0.1, 0.15) is 11.3 Å². The highest BCUT2D eigenvalue weighted by Gasteiger charge is 2.16. The fraction of sp³-hybridized carbons (Fsp3) is 0.143. The van der Waals surface area contributed by atoms with Crippen LogP contribution in [0.15, 0.2) is 34.1 Å². The summed E-state index contributed by atoms with van der Waals surface area (Å²) in [7, 11) is 0. The first kappa shape index (κ1) is 14.5. The molecule has 0 atom stereocenters. The van der Waals surface area contributed by atoms with Gasteiger partial charge in [0.2, 0.25) is 0 Å². The second kappa shape index (κ2) is 6.13. The zero-order valence-corrected chi connectivity index (χ0v) is 14.5. The van der Waals surface area contributed by atoms with Gasteiger partial charge in [0, 0.05) is 22.1 Å². The van der Waals surface area contributed by atoms with Crippen molar-refractivity contribution in [3.63, 3.8) is 0 Å². The number of aryl methyl sites for hydroxylation is 1. The van der Waals surface area contributed by atoms with E-state index in [0.717, 1.165) is 25.7 Å². The molecule has 0 unspecified atom stereocenters.